The molecule has 1 rings (SSSR count). The quantitative estimate of drug-likeness (QED) is 0.638. The molecule has 1 aliphatic carbocycles. The molecule has 14 heavy (non-hydrogen) atoms. The second-order valence-corrected chi connectivity index (χ2v) is 5.10. The molecule has 2 heteroatoms. The van der Waals surface area contributed by atoms with Gasteiger partial charge in [-0.25, -0.2) is 0 Å². The summed E-state index contributed by atoms with van der Waals surface area (Å²) in [6.45, 7) is 8.37. The van der Waals surface area contributed by atoms with E-state index in [9.17, 15) is 0 Å². The first-order valence-corrected chi connectivity index (χ1v) is 6.73. The normalized spacial score (nSPS) is 19.7. The molecule has 0 aromatic carbocycles. The van der Waals surface area contributed by atoms with E-state index in [2.05, 4.69) is 31.4 Å². The van der Waals surface area contributed by atoms with Crippen LogP contribution in [0.1, 0.15) is 46.0 Å². The fourth-order valence-corrected chi connectivity index (χ4v) is 2.84. The minimum Gasteiger partial charge on any atom is -0.303 e. The Balaban J connectivity index is 2.36. The summed E-state index contributed by atoms with van der Waals surface area (Å²) in [5.74, 6) is 1.08. The summed E-state index contributed by atoms with van der Waals surface area (Å²) in [5, 5.41) is 0. The Bertz CT molecular complexity index is 143. The molecule has 0 saturated heterocycles. The van der Waals surface area contributed by atoms with Gasteiger partial charge in [0.2, 0.25) is 0 Å². The summed E-state index contributed by atoms with van der Waals surface area (Å²) in [4.78, 5) is 2.63. The van der Waals surface area contributed by atoms with Crippen molar-refractivity contribution < 1.29 is 0 Å². The van der Waals surface area contributed by atoms with Gasteiger partial charge in [-0.1, -0.05) is 20.3 Å². The molecule has 1 nitrogen and oxygen atoms in total. The van der Waals surface area contributed by atoms with Crippen molar-refractivity contribution >= 4 is 12.6 Å². The highest BCUT2D eigenvalue weighted by atomic mass is 32.1. The number of hydrogen-bond donors (Lipinski definition) is 1. The number of hydrogen-bond acceptors (Lipinski definition) is 2. The third kappa shape index (κ3) is 3.16. The van der Waals surface area contributed by atoms with Crippen LogP contribution in [0.15, 0.2) is 0 Å². The van der Waals surface area contributed by atoms with Gasteiger partial charge in [0, 0.05) is 6.54 Å². The number of nitrogens with zero attached hydrogens (tertiary/aromatic N) is 1. The molecular formula is C12H25NS. The number of rotatable bonds is 7. The lowest BCUT2D eigenvalue weighted by molar-refractivity contribution is 0.0902. The van der Waals surface area contributed by atoms with E-state index in [1.54, 1.807) is 0 Å². The van der Waals surface area contributed by atoms with Crippen molar-refractivity contribution in [3.63, 3.8) is 0 Å². The Morgan fingerprint density at radius 1 is 1.14 bits per heavy atom. The van der Waals surface area contributed by atoms with Gasteiger partial charge in [-0.15, -0.1) is 0 Å². The molecule has 0 aromatic heterocycles. The molecule has 1 saturated carbocycles. The highest BCUT2D eigenvalue weighted by Crippen LogP contribution is 2.42. The summed E-state index contributed by atoms with van der Waals surface area (Å²) in [6.07, 6.45) is 6.79. The van der Waals surface area contributed by atoms with Crippen LogP contribution in [-0.2, 0) is 0 Å². The summed E-state index contributed by atoms with van der Waals surface area (Å²) in [5.41, 5.74) is 0.577. The van der Waals surface area contributed by atoms with Gasteiger partial charge in [0.1, 0.15) is 0 Å². The summed E-state index contributed by atoms with van der Waals surface area (Å²) in [6, 6.07) is 0. The van der Waals surface area contributed by atoms with Crippen molar-refractivity contribution in [3.05, 3.63) is 0 Å². The van der Waals surface area contributed by atoms with Gasteiger partial charge in [-0.2, -0.15) is 12.6 Å². The monoisotopic (exact) mass is 215 g/mol. The van der Waals surface area contributed by atoms with Crippen LogP contribution < -0.4 is 0 Å². The molecule has 0 N–H and O–H groups in total. The van der Waals surface area contributed by atoms with Gasteiger partial charge in [0.05, 0.1) is 0 Å². The lowest BCUT2D eigenvalue weighted by atomic mass is 9.70. The van der Waals surface area contributed by atoms with Crippen LogP contribution in [0.4, 0.5) is 0 Å². The summed E-state index contributed by atoms with van der Waals surface area (Å²) in [7, 11) is 0. The average molecular weight is 215 g/mol. The lowest BCUT2D eigenvalue weighted by Gasteiger charge is -2.44. The largest absolute Gasteiger partial charge is 0.303 e. The van der Waals surface area contributed by atoms with E-state index in [-0.39, 0.29) is 0 Å². The fourth-order valence-electron chi connectivity index (χ4n) is 2.42. The van der Waals surface area contributed by atoms with Gasteiger partial charge >= 0.3 is 0 Å². The van der Waals surface area contributed by atoms with E-state index < -0.39 is 0 Å². The van der Waals surface area contributed by atoms with Gasteiger partial charge in [0.15, 0.2) is 0 Å². The van der Waals surface area contributed by atoms with Crippen LogP contribution in [0.25, 0.3) is 0 Å². The van der Waals surface area contributed by atoms with Crippen molar-refractivity contribution in [2.24, 2.45) is 5.41 Å². The van der Waals surface area contributed by atoms with Crippen molar-refractivity contribution in [1.82, 2.24) is 4.90 Å². The molecule has 0 bridgehead atoms. The fraction of sp³-hybridized carbons (Fsp3) is 1.00. The maximum atomic E-state index is 4.52. The SMILES string of the molecule is CCCN(CCC)CC1(CS)CCC1. The maximum Gasteiger partial charge on any atom is 0.00458 e. The van der Waals surface area contributed by atoms with Crippen LogP contribution in [-0.4, -0.2) is 30.3 Å². The van der Waals surface area contributed by atoms with E-state index in [0.29, 0.717) is 5.41 Å². The standard InChI is InChI=1S/C12H25NS/c1-3-8-13(9-4-2)10-12(11-14)6-5-7-12/h14H,3-11H2,1-2H3. The molecule has 0 aliphatic heterocycles. The zero-order valence-electron chi connectivity index (χ0n) is 9.76. The zero-order valence-corrected chi connectivity index (χ0v) is 10.7. The molecular weight excluding hydrogens is 190 g/mol. The molecule has 0 spiro atoms. The molecule has 84 valence electrons. The van der Waals surface area contributed by atoms with Crippen LogP contribution in [0, 0.1) is 5.41 Å². The van der Waals surface area contributed by atoms with E-state index in [4.69, 9.17) is 0 Å². The minimum atomic E-state index is 0.577. The van der Waals surface area contributed by atoms with Crippen molar-refractivity contribution in [3.8, 4) is 0 Å². The molecule has 0 atom stereocenters. The Morgan fingerprint density at radius 3 is 2.00 bits per heavy atom. The summed E-state index contributed by atoms with van der Waals surface area (Å²) >= 11 is 4.52. The van der Waals surface area contributed by atoms with Crippen molar-refractivity contribution in [2.75, 3.05) is 25.4 Å². The van der Waals surface area contributed by atoms with Gasteiger partial charge in [-0.3, -0.25) is 0 Å². The highest BCUT2D eigenvalue weighted by Gasteiger charge is 2.36. The maximum absolute atomic E-state index is 4.52. The Kier molecular flexibility index (Phi) is 5.32. The molecule has 0 heterocycles. The van der Waals surface area contributed by atoms with E-state index >= 15 is 0 Å². The second-order valence-electron chi connectivity index (χ2n) is 4.79. The molecule has 0 unspecified atom stereocenters. The predicted octanol–water partition coefficient (Wildman–Crippen LogP) is 3.21. The molecule has 0 amide bonds. The van der Waals surface area contributed by atoms with Gasteiger partial charge in [0.25, 0.3) is 0 Å². The van der Waals surface area contributed by atoms with Crippen LogP contribution in [0.5, 0.6) is 0 Å². The van der Waals surface area contributed by atoms with E-state index in [1.165, 1.54) is 51.7 Å². The molecule has 1 fully saturated rings. The first-order chi connectivity index (χ1) is 6.76. The first-order valence-electron chi connectivity index (χ1n) is 6.09. The minimum absolute atomic E-state index is 0.577. The second kappa shape index (κ2) is 6.02. The third-order valence-corrected chi connectivity index (χ3v) is 4.06. The highest BCUT2D eigenvalue weighted by molar-refractivity contribution is 7.80. The Labute approximate surface area is 94.7 Å². The smallest absolute Gasteiger partial charge is 0.00458 e. The van der Waals surface area contributed by atoms with Crippen LogP contribution in [0.3, 0.4) is 0 Å². The lowest BCUT2D eigenvalue weighted by Crippen LogP contribution is -2.44. The van der Waals surface area contributed by atoms with Gasteiger partial charge < -0.3 is 4.90 Å². The van der Waals surface area contributed by atoms with Gasteiger partial charge in [-0.05, 0) is 49.9 Å². The third-order valence-electron chi connectivity index (χ3n) is 3.39. The summed E-state index contributed by atoms with van der Waals surface area (Å²) < 4.78 is 0. The molecule has 1 aliphatic rings. The van der Waals surface area contributed by atoms with Crippen LogP contribution >= 0.6 is 12.6 Å². The first kappa shape index (κ1) is 12.4. The van der Waals surface area contributed by atoms with Crippen molar-refractivity contribution in [2.45, 2.75) is 46.0 Å². The number of thiol groups is 1. The average Bonchev–Trinajstić information content (AvgIpc) is 2.12. The Hall–Kier alpha value is 0.310. The predicted molar refractivity (Wildman–Crippen MR) is 67.2 cm³/mol. The Morgan fingerprint density at radius 2 is 1.71 bits per heavy atom. The molecule has 0 aromatic rings. The molecule has 0 radical (unpaired) electrons. The van der Waals surface area contributed by atoms with Crippen LogP contribution in [0.2, 0.25) is 0 Å². The topological polar surface area (TPSA) is 3.24 Å². The van der Waals surface area contributed by atoms with E-state index in [1.807, 2.05) is 0 Å². The van der Waals surface area contributed by atoms with Crippen molar-refractivity contribution in [1.29, 1.82) is 0 Å². The van der Waals surface area contributed by atoms with E-state index in [0.717, 1.165) is 5.75 Å². The zero-order chi connectivity index (χ0) is 10.4.